The van der Waals surface area contributed by atoms with E-state index in [2.05, 4.69) is 17.0 Å². The molecule has 1 aromatic carbocycles. The first-order valence-electron chi connectivity index (χ1n) is 7.70. The van der Waals surface area contributed by atoms with E-state index in [1.165, 1.54) is 37.8 Å². The van der Waals surface area contributed by atoms with Crippen molar-refractivity contribution in [3.63, 3.8) is 0 Å². The Morgan fingerprint density at radius 1 is 1.15 bits per heavy atom. The molecule has 1 aliphatic heterocycles. The number of ether oxygens (including phenoxy) is 2. The van der Waals surface area contributed by atoms with E-state index < -0.39 is 0 Å². The maximum Gasteiger partial charge on any atom is 0.231 e. The van der Waals surface area contributed by atoms with Crippen LogP contribution in [0.2, 0.25) is 0 Å². The summed E-state index contributed by atoms with van der Waals surface area (Å²) in [5.74, 6) is 2.62. The van der Waals surface area contributed by atoms with Gasteiger partial charge in [0, 0.05) is 25.2 Å². The molecule has 0 amide bonds. The fraction of sp³-hybridized carbons (Fsp3) is 0.625. The Bertz CT molecular complexity index is 497. The Morgan fingerprint density at radius 2 is 1.95 bits per heavy atom. The molecule has 0 spiro atoms. The van der Waals surface area contributed by atoms with Crippen molar-refractivity contribution in [2.24, 2.45) is 11.7 Å². The molecule has 1 aromatic rings. The molecule has 2 aliphatic carbocycles. The molecule has 108 valence electrons. The quantitative estimate of drug-likeness (QED) is 0.864. The molecule has 0 bridgehead atoms. The van der Waals surface area contributed by atoms with E-state index in [-0.39, 0.29) is 0 Å². The summed E-state index contributed by atoms with van der Waals surface area (Å²) < 4.78 is 10.9. The lowest BCUT2D eigenvalue weighted by molar-refractivity contribution is 0.173. The van der Waals surface area contributed by atoms with Gasteiger partial charge in [-0.05, 0) is 49.3 Å². The van der Waals surface area contributed by atoms with Crippen molar-refractivity contribution in [1.29, 1.82) is 0 Å². The molecule has 3 aliphatic rings. The maximum atomic E-state index is 6.10. The average Bonchev–Trinajstić information content (AvgIpc) is 3.37. The predicted octanol–water partition coefficient (Wildman–Crippen LogP) is 2.29. The lowest BCUT2D eigenvalue weighted by Gasteiger charge is -2.31. The van der Waals surface area contributed by atoms with Crippen LogP contribution in [-0.4, -0.2) is 30.8 Å². The lowest BCUT2D eigenvalue weighted by Crippen LogP contribution is -2.37. The van der Waals surface area contributed by atoms with Crippen molar-refractivity contribution in [3.8, 4) is 11.5 Å². The molecule has 4 rings (SSSR count). The number of rotatable bonds is 6. The van der Waals surface area contributed by atoms with Crippen LogP contribution < -0.4 is 15.2 Å². The summed E-state index contributed by atoms with van der Waals surface area (Å²) in [5.41, 5.74) is 7.37. The van der Waals surface area contributed by atoms with Crippen LogP contribution in [-0.2, 0) is 0 Å². The van der Waals surface area contributed by atoms with Gasteiger partial charge in [-0.25, -0.2) is 0 Å². The van der Waals surface area contributed by atoms with Crippen molar-refractivity contribution >= 4 is 0 Å². The van der Waals surface area contributed by atoms with Crippen LogP contribution in [0.1, 0.15) is 37.3 Å². The summed E-state index contributed by atoms with van der Waals surface area (Å²) in [4.78, 5) is 2.63. The minimum Gasteiger partial charge on any atom is -0.454 e. The first-order chi connectivity index (χ1) is 9.85. The van der Waals surface area contributed by atoms with Gasteiger partial charge in [0.25, 0.3) is 0 Å². The number of fused-ring (bicyclic) bond motifs is 1. The largest absolute Gasteiger partial charge is 0.454 e. The molecule has 20 heavy (non-hydrogen) atoms. The van der Waals surface area contributed by atoms with E-state index in [4.69, 9.17) is 15.2 Å². The Kier molecular flexibility index (Phi) is 3.08. The summed E-state index contributed by atoms with van der Waals surface area (Å²) in [7, 11) is 0. The van der Waals surface area contributed by atoms with Crippen LogP contribution in [0.4, 0.5) is 0 Å². The van der Waals surface area contributed by atoms with Gasteiger partial charge in [0.2, 0.25) is 6.79 Å². The summed E-state index contributed by atoms with van der Waals surface area (Å²) >= 11 is 0. The average molecular weight is 274 g/mol. The molecular formula is C16H22N2O2. The minimum absolute atomic E-state index is 0.317. The molecular weight excluding hydrogens is 252 g/mol. The standard InChI is InChI=1S/C16H22N2O2/c17-8-14(18(13-4-5-13)9-11-1-2-11)12-3-6-15-16(7-12)20-10-19-15/h3,6-7,11,13-14H,1-2,4-5,8-10,17H2. The van der Waals surface area contributed by atoms with Crippen LogP contribution in [0.15, 0.2) is 18.2 Å². The van der Waals surface area contributed by atoms with Gasteiger partial charge in [0.1, 0.15) is 0 Å². The fourth-order valence-electron chi connectivity index (χ4n) is 3.12. The van der Waals surface area contributed by atoms with Gasteiger partial charge in [0.05, 0.1) is 0 Å². The molecule has 1 heterocycles. The van der Waals surface area contributed by atoms with Crippen LogP contribution in [0.25, 0.3) is 0 Å². The normalized spacial score (nSPS) is 22.3. The third-order valence-corrected chi connectivity index (χ3v) is 4.59. The Labute approximate surface area is 119 Å². The third-order valence-electron chi connectivity index (χ3n) is 4.59. The van der Waals surface area contributed by atoms with Gasteiger partial charge in [-0.1, -0.05) is 6.07 Å². The topological polar surface area (TPSA) is 47.7 Å². The summed E-state index contributed by atoms with van der Waals surface area (Å²) in [5, 5.41) is 0. The van der Waals surface area contributed by atoms with Crippen LogP contribution >= 0.6 is 0 Å². The van der Waals surface area contributed by atoms with Gasteiger partial charge >= 0.3 is 0 Å². The van der Waals surface area contributed by atoms with Crippen molar-refractivity contribution in [2.75, 3.05) is 19.9 Å². The molecule has 4 nitrogen and oxygen atoms in total. The van der Waals surface area contributed by atoms with Crippen molar-refractivity contribution in [2.45, 2.75) is 37.8 Å². The second kappa shape index (κ2) is 4.93. The molecule has 2 fully saturated rings. The highest BCUT2D eigenvalue weighted by Crippen LogP contribution is 2.41. The Hall–Kier alpha value is -1.26. The molecule has 0 saturated heterocycles. The number of benzene rings is 1. The van der Waals surface area contributed by atoms with Crippen LogP contribution in [0.5, 0.6) is 11.5 Å². The van der Waals surface area contributed by atoms with E-state index >= 15 is 0 Å². The van der Waals surface area contributed by atoms with E-state index in [0.29, 0.717) is 19.4 Å². The third kappa shape index (κ3) is 2.38. The van der Waals surface area contributed by atoms with E-state index in [0.717, 1.165) is 23.5 Å². The molecule has 2 saturated carbocycles. The van der Waals surface area contributed by atoms with Gasteiger partial charge in [-0.2, -0.15) is 0 Å². The van der Waals surface area contributed by atoms with Gasteiger partial charge in [-0.3, -0.25) is 4.90 Å². The molecule has 4 heteroatoms. The molecule has 1 atom stereocenters. The fourth-order valence-corrected chi connectivity index (χ4v) is 3.12. The van der Waals surface area contributed by atoms with E-state index in [1.807, 2.05) is 6.07 Å². The number of hydrogen-bond acceptors (Lipinski definition) is 4. The predicted molar refractivity (Wildman–Crippen MR) is 76.8 cm³/mol. The lowest BCUT2D eigenvalue weighted by atomic mass is 10.0. The second-order valence-corrected chi connectivity index (χ2v) is 6.24. The van der Waals surface area contributed by atoms with Crippen molar-refractivity contribution in [3.05, 3.63) is 23.8 Å². The second-order valence-electron chi connectivity index (χ2n) is 6.24. The van der Waals surface area contributed by atoms with Crippen LogP contribution in [0, 0.1) is 5.92 Å². The minimum atomic E-state index is 0.317. The smallest absolute Gasteiger partial charge is 0.231 e. The summed E-state index contributed by atoms with van der Waals surface area (Å²) in [6, 6.07) is 7.34. The molecule has 2 N–H and O–H groups in total. The first-order valence-corrected chi connectivity index (χ1v) is 7.70. The number of nitrogens with two attached hydrogens (primary N) is 1. The first kappa shape index (κ1) is 12.5. The van der Waals surface area contributed by atoms with Crippen LogP contribution in [0.3, 0.4) is 0 Å². The van der Waals surface area contributed by atoms with Gasteiger partial charge < -0.3 is 15.2 Å². The monoisotopic (exact) mass is 274 g/mol. The molecule has 1 unspecified atom stereocenters. The highest BCUT2D eigenvalue weighted by Gasteiger charge is 2.37. The number of nitrogens with zero attached hydrogens (tertiary/aromatic N) is 1. The van der Waals surface area contributed by atoms with E-state index in [9.17, 15) is 0 Å². The van der Waals surface area contributed by atoms with Gasteiger partial charge in [-0.15, -0.1) is 0 Å². The molecule has 0 aromatic heterocycles. The number of hydrogen-bond donors (Lipinski definition) is 1. The SMILES string of the molecule is NCC(c1ccc2c(c1)OCO2)N(CC1CC1)C1CC1. The zero-order valence-electron chi connectivity index (χ0n) is 11.8. The highest BCUT2D eigenvalue weighted by molar-refractivity contribution is 5.45. The van der Waals surface area contributed by atoms with E-state index in [1.54, 1.807) is 0 Å². The zero-order valence-corrected chi connectivity index (χ0v) is 11.8. The summed E-state index contributed by atoms with van der Waals surface area (Å²) in [6.07, 6.45) is 5.44. The Balaban J connectivity index is 1.58. The highest BCUT2D eigenvalue weighted by atomic mass is 16.7. The van der Waals surface area contributed by atoms with Crippen molar-refractivity contribution in [1.82, 2.24) is 4.90 Å². The van der Waals surface area contributed by atoms with Gasteiger partial charge in [0.15, 0.2) is 11.5 Å². The maximum absolute atomic E-state index is 6.10. The van der Waals surface area contributed by atoms with Crippen molar-refractivity contribution < 1.29 is 9.47 Å². The zero-order chi connectivity index (χ0) is 13.5. The Morgan fingerprint density at radius 3 is 2.65 bits per heavy atom. The molecule has 0 radical (unpaired) electrons. The summed E-state index contributed by atoms with van der Waals surface area (Å²) in [6.45, 7) is 2.21.